The molecule has 0 atom stereocenters. The lowest BCUT2D eigenvalue weighted by atomic mass is 10.0. The van der Waals surface area contributed by atoms with Gasteiger partial charge in [-0.2, -0.15) is 0 Å². The van der Waals surface area contributed by atoms with Crippen molar-refractivity contribution in [3.63, 3.8) is 0 Å². The van der Waals surface area contributed by atoms with Gasteiger partial charge in [-0.05, 0) is 40.9 Å². The van der Waals surface area contributed by atoms with E-state index < -0.39 is 0 Å². The second kappa shape index (κ2) is 8.92. The van der Waals surface area contributed by atoms with Crippen LogP contribution in [0.3, 0.4) is 0 Å². The summed E-state index contributed by atoms with van der Waals surface area (Å²) in [5.74, 6) is 0.758. The fourth-order valence-electron chi connectivity index (χ4n) is 3.86. The molecule has 1 fully saturated rings. The van der Waals surface area contributed by atoms with Crippen molar-refractivity contribution in [1.82, 2.24) is 14.8 Å². The zero-order chi connectivity index (χ0) is 22.1. The standard InChI is InChI=1S/C21H21BrClN3O5/c1-25(20(28)12-8-15(22)19-17(9-12)30-6-7-31-19)13-2-4-26(5-3-13)21(29)16-10-14(27)11-18(23)24-16/h8-11,13H,2-7H2,1H3,(H,24,27). The number of hydrogen-bond donors (Lipinski definition) is 1. The number of piperidine rings is 1. The topological polar surface area (TPSA) is 91.9 Å². The number of carbonyl (C=O) groups is 2. The predicted octanol–water partition coefficient (Wildman–Crippen LogP) is 2.94. The van der Waals surface area contributed by atoms with Crippen LogP contribution >= 0.6 is 27.5 Å². The number of ether oxygens (including phenoxy) is 2. The van der Waals surface area contributed by atoms with Gasteiger partial charge >= 0.3 is 0 Å². The molecule has 1 saturated heterocycles. The molecule has 0 spiro atoms. The summed E-state index contributed by atoms with van der Waals surface area (Å²) in [5, 5.41) is 0.127. The Morgan fingerprint density at radius 3 is 2.58 bits per heavy atom. The van der Waals surface area contributed by atoms with Gasteiger partial charge in [-0.1, -0.05) is 11.6 Å². The van der Waals surface area contributed by atoms with Crippen molar-refractivity contribution in [3.05, 3.63) is 55.4 Å². The summed E-state index contributed by atoms with van der Waals surface area (Å²) in [4.78, 5) is 43.5. The average molecular weight is 511 g/mol. The number of nitrogens with zero attached hydrogens (tertiary/aromatic N) is 2. The van der Waals surface area contributed by atoms with Gasteiger partial charge in [0, 0.05) is 43.9 Å². The quantitative estimate of drug-likeness (QED) is 0.641. The first-order valence-electron chi connectivity index (χ1n) is 9.89. The van der Waals surface area contributed by atoms with Crippen molar-refractivity contribution >= 4 is 39.3 Å². The van der Waals surface area contributed by atoms with Crippen LogP contribution in [0.1, 0.15) is 33.7 Å². The third-order valence-corrected chi connectivity index (χ3v) is 6.30. The SMILES string of the molecule is CN(C(=O)c1cc(Br)c2c(c1)OCCO2)C1CCN(C(=O)c2cc(=O)cc(Cl)[nH]2)CC1. The molecule has 2 aromatic rings. The summed E-state index contributed by atoms with van der Waals surface area (Å²) in [6, 6.07) is 5.89. The molecule has 2 aliphatic rings. The van der Waals surface area contributed by atoms with Crippen LogP contribution in [0.15, 0.2) is 33.5 Å². The molecule has 0 aliphatic carbocycles. The molecule has 1 aromatic carbocycles. The van der Waals surface area contributed by atoms with Crippen LogP contribution in [0.25, 0.3) is 0 Å². The summed E-state index contributed by atoms with van der Waals surface area (Å²) >= 11 is 9.30. The van der Waals surface area contributed by atoms with Crippen LogP contribution in [0.5, 0.6) is 11.5 Å². The Morgan fingerprint density at radius 1 is 1.16 bits per heavy atom. The minimum atomic E-state index is -0.321. The summed E-state index contributed by atoms with van der Waals surface area (Å²) < 4.78 is 11.9. The predicted molar refractivity (Wildman–Crippen MR) is 118 cm³/mol. The van der Waals surface area contributed by atoms with Gasteiger partial charge in [-0.25, -0.2) is 0 Å². The molecule has 1 N–H and O–H groups in total. The number of hydrogen-bond acceptors (Lipinski definition) is 5. The number of carbonyl (C=O) groups excluding carboxylic acids is 2. The van der Waals surface area contributed by atoms with Crippen molar-refractivity contribution in [3.8, 4) is 11.5 Å². The highest BCUT2D eigenvalue weighted by molar-refractivity contribution is 9.10. The molecule has 31 heavy (non-hydrogen) atoms. The molecule has 2 amide bonds. The first-order chi connectivity index (χ1) is 14.8. The van der Waals surface area contributed by atoms with E-state index in [-0.39, 0.29) is 34.1 Å². The van der Waals surface area contributed by atoms with Gasteiger partial charge in [-0.15, -0.1) is 0 Å². The van der Waals surface area contributed by atoms with Crippen molar-refractivity contribution < 1.29 is 19.1 Å². The molecule has 3 heterocycles. The number of halogens is 2. The Hall–Kier alpha value is -2.52. The van der Waals surface area contributed by atoms with Crippen LogP contribution in [0, 0.1) is 0 Å². The van der Waals surface area contributed by atoms with Gasteiger partial charge in [0.2, 0.25) is 0 Å². The minimum absolute atomic E-state index is 0.0121. The minimum Gasteiger partial charge on any atom is -0.486 e. The van der Waals surface area contributed by atoms with Gasteiger partial charge < -0.3 is 24.3 Å². The number of rotatable bonds is 3. The largest absolute Gasteiger partial charge is 0.486 e. The molecule has 10 heteroatoms. The zero-order valence-corrected chi connectivity index (χ0v) is 19.2. The fourth-order valence-corrected chi connectivity index (χ4v) is 4.62. The lowest BCUT2D eigenvalue weighted by Crippen LogP contribution is -2.47. The summed E-state index contributed by atoms with van der Waals surface area (Å²) in [6.45, 7) is 1.86. The molecule has 4 rings (SSSR count). The van der Waals surface area contributed by atoms with E-state index in [4.69, 9.17) is 21.1 Å². The molecule has 164 valence electrons. The lowest BCUT2D eigenvalue weighted by Gasteiger charge is -2.37. The number of aromatic amines is 1. The van der Waals surface area contributed by atoms with Crippen molar-refractivity contribution in [1.29, 1.82) is 0 Å². The second-order valence-electron chi connectivity index (χ2n) is 7.50. The monoisotopic (exact) mass is 509 g/mol. The van der Waals surface area contributed by atoms with Crippen LogP contribution in [0.4, 0.5) is 0 Å². The van der Waals surface area contributed by atoms with Crippen LogP contribution < -0.4 is 14.9 Å². The third-order valence-electron chi connectivity index (χ3n) is 5.50. The van der Waals surface area contributed by atoms with Gasteiger partial charge in [-0.3, -0.25) is 14.4 Å². The van der Waals surface area contributed by atoms with E-state index in [1.807, 2.05) is 0 Å². The zero-order valence-electron chi connectivity index (χ0n) is 16.8. The van der Waals surface area contributed by atoms with E-state index in [0.29, 0.717) is 60.7 Å². The number of H-pyrrole nitrogens is 1. The van der Waals surface area contributed by atoms with E-state index in [1.165, 1.54) is 12.1 Å². The van der Waals surface area contributed by atoms with E-state index >= 15 is 0 Å². The Bertz CT molecular complexity index is 1080. The summed E-state index contributed by atoms with van der Waals surface area (Å²) in [7, 11) is 1.77. The highest BCUT2D eigenvalue weighted by Gasteiger charge is 2.30. The molecular weight excluding hydrogens is 490 g/mol. The van der Waals surface area contributed by atoms with E-state index in [2.05, 4.69) is 20.9 Å². The number of pyridine rings is 1. The van der Waals surface area contributed by atoms with E-state index in [0.717, 1.165) is 0 Å². The number of likely N-dealkylation sites (tertiary alicyclic amines) is 1. The number of amides is 2. The Balaban J connectivity index is 1.41. The van der Waals surface area contributed by atoms with Crippen LogP contribution in [-0.4, -0.2) is 66.0 Å². The maximum absolute atomic E-state index is 13.1. The fraction of sp³-hybridized carbons (Fsp3) is 0.381. The Labute approximate surface area is 192 Å². The van der Waals surface area contributed by atoms with E-state index in [9.17, 15) is 14.4 Å². The van der Waals surface area contributed by atoms with Crippen molar-refractivity contribution in [2.24, 2.45) is 0 Å². The van der Waals surface area contributed by atoms with Crippen LogP contribution in [0.2, 0.25) is 5.15 Å². The highest BCUT2D eigenvalue weighted by atomic mass is 79.9. The Morgan fingerprint density at radius 2 is 1.87 bits per heavy atom. The molecule has 2 aliphatic heterocycles. The number of benzene rings is 1. The molecule has 0 unspecified atom stereocenters. The van der Waals surface area contributed by atoms with Gasteiger partial charge in [0.05, 0.1) is 4.47 Å². The van der Waals surface area contributed by atoms with Gasteiger partial charge in [0.15, 0.2) is 16.9 Å². The van der Waals surface area contributed by atoms with Gasteiger partial charge in [0.25, 0.3) is 11.8 Å². The molecule has 1 aromatic heterocycles. The molecule has 0 radical (unpaired) electrons. The van der Waals surface area contributed by atoms with E-state index in [1.54, 1.807) is 29.0 Å². The molecule has 0 saturated carbocycles. The average Bonchev–Trinajstić information content (AvgIpc) is 2.77. The highest BCUT2D eigenvalue weighted by Crippen LogP contribution is 2.39. The first-order valence-corrected chi connectivity index (χ1v) is 11.1. The Kier molecular flexibility index (Phi) is 6.24. The maximum Gasteiger partial charge on any atom is 0.270 e. The first kappa shape index (κ1) is 21.7. The number of nitrogens with one attached hydrogen (secondary N) is 1. The van der Waals surface area contributed by atoms with Crippen LogP contribution in [-0.2, 0) is 0 Å². The molecular formula is C21H21BrClN3O5. The summed E-state index contributed by atoms with van der Waals surface area (Å²) in [6.07, 6.45) is 1.26. The normalized spacial score (nSPS) is 16.2. The molecule has 0 bridgehead atoms. The number of fused-ring (bicyclic) bond motifs is 1. The van der Waals surface area contributed by atoms with Crippen molar-refractivity contribution in [2.75, 3.05) is 33.4 Å². The lowest BCUT2D eigenvalue weighted by molar-refractivity contribution is 0.0566. The second-order valence-corrected chi connectivity index (χ2v) is 8.76. The van der Waals surface area contributed by atoms with Gasteiger partial charge in [0.1, 0.15) is 24.1 Å². The maximum atomic E-state index is 13.1. The number of aromatic nitrogens is 1. The molecule has 8 nitrogen and oxygen atoms in total. The smallest absolute Gasteiger partial charge is 0.270 e. The third kappa shape index (κ3) is 4.57. The summed E-state index contributed by atoms with van der Waals surface area (Å²) in [5.41, 5.74) is 0.355. The van der Waals surface area contributed by atoms with Crippen molar-refractivity contribution in [2.45, 2.75) is 18.9 Å².